The van der Waals surface area contributed by atoms with Crippen molar-refractivity contribution < 1.29 is 13.9 Å². The fourth-order valence-corrected chi connectivity index (χ4v) is 4.05. The van der Waals surface area contributed by atoms with E-state index in [-0.39, 0.29) is 6.04 Å². The third-order valence-electron chi connectivity index (χ3n) is 5.06. The molecule has 0 unspecified atom stereocenters. The van der Waals surface area contributed by atoms with Gasteiger partial charge in [-0.3, -0.25) is 0 Å². The average molecular weight is 395 g/mol. The number of fused-ring (bicyclic) bond motifs is 3. The van der Waals surface area contributed by atoms with Crippen LogP contribution in [0.25, 0.3) is 0 Å². The number of benzene rings is 2. The lowest BCUT2D eigenvalue weighted by atomic mass is 9.97. The number of rotatable bonds is 4. The highest BCUT2D eigenvalue weighted by Gasteiger charge is 2.43. The predicted molar refractivity (Wildman–Crippen MR) is 107 cm³/mol. The Morgan fingerprint density at radius 2 is 1.96 bits per heavy atom. The monoisotopic (exact) mass is 394 g/mol. The summed E-state index contributed by atoms with van der Waals surface area (Å²) in [6, 6.07) is 17.5. The topological polar surface area (TPSA) is 47.2 Å². The van der Waals surface area contributed by atoms with Gasteiger partial charge in [0.05, 0.1) is 18.9 Å². The molecule has 0 N–H and O–H groups in total. The zero-order valence-corrected chi connectivity index (χ0v) is 16.1. The maximum Gasteiger partial charge on any atom is 0.215 e. The Morgan fingerprint density at radius 3 is 2.75 bits per heavy atom. The molecule has 0 bridgehead atoms. The Labute approximate surface area is 168 Å². The molecule has 0 amide bonds. The molecule has 0 saturated heterocycles. The van der Waals surface area contributed by atoms with Crippen LogP contribution in [0.5, 0.6) is 11.5 Å². The summed E-state index contributed by atoms with van der Waals surface area (Å²) in [5, 5.41) is 7.48. The fraction of sp³-hybridized carbons (Fsp3) is 0.227. The van der Waals surface area contributed by atoms with Gasteiger partial charge in [0.2, 0.25) is 6.23 Å². The summed E-state index contributed by atoms with van der Waals surface area (Å²) in [7, 11) is 0. The molecule has 5 nitrogen and oxygen atoms in total. The molecular formula is C22H19ClN2O3. The van der Waals surface area contributed by atoms with Crippen molar-refractivity contribution in [1.82, 2.24) is 5.01 Å². The van der Waals surface area contributed by atoms with Gasteiger partial charge in [0.25, 0.3) is 0 Å². The van der Waals surface area contributed by atoms with E-state index in [4.69, 9.17) is 30.6 Å². The molecule has 3 aromatic rings. The predicted octanol–water partition coefficient (Wildman–Crippen LogP) is 5.57. The lowest BCUT2D eigenvalue weighted by Crippen LogP contribution is -2.34. The van der Waals surface area contributed by atoms with Crippen molar-refractivity contribution >= 4 is 17.3 Å². The van der Waals surface area contributed by atoms with Gasteiger partial charge >= 0.3 is 0 Å². The van der Waals surface area contributed by atoms with Crippen LogP contribution < -0.4 is 9.47 Å². The highest BCUT2D eigenvalue weighted by Crippen LogP contribution is 2.51. The third kappa shape index (κ3) is 2.74. The first-order valence-electron chi connectivity index (χ1n) is 9.32. The van der Waals surface area contributed by atoms with E-state index in [0.717, 1.165) is 40.5 Å². The van der Waals surface area contributed by atoms with Crippen LogP contribution in [-0.2, 0) is 0 Å². The summed E-state index contributed by atoms with van der Waals surface area (Å²) in [5.74, 6) is 2.27. The molecule has 6 heteroatoms. The minimum Gasteiger partial charge on any atom is -0.490 e. The highest BCUT2D eigenvalue weighted by atomic mass is 35.5. The van der Waals surface area contributed by atoms with Crippen molar-refractivity contribution in [2.24, 2.45) is 5.10 Å². The smallest absolute Gasteiger partial charge is 0.215 e. The molecule has 2 atom stereocenters. The summed E-state index contributed by atoms with van der Waals surface area (Å²) >= 11 is 6.51. The van der Waals surface area contributed by atoms with E-state index in [1.54, 1.807) is 6.26 Å². The van der Waals surface area contributed by atoms with Crippen LogP contribution in [-0.4, -0.2) is 17.3 Å². The number of ether oxygens (including phenoxy) is 2. The standard InChI is InChI=1S/C22H19ClN2O3/c1-2-26-20-10-5-8-15-18-13-17(19-11-6-12-27-19)24-25(18)22(28-21(15)20)14-7-3-4-9-16(14)23/h3-12,18,22H,2,13H2,1H3/t18-,22-/m1/s1. The van der Waals surface area contributed by atoms with Crippen molar-refractivity contribution in [2.75, 3.05) is 6.61 Å². The summed E-state index contributed by atoms with van der Waals surface area (Å²) in [5.41, 5.74) is 2.82. The lowest BCUT2D eigenvalue weighted by molar-refractivity contribution is -0.0211. The number of hydrazone groups is 1. The van der Waals surface area contributed by atoms with Crippen LogP contribution in [0, 0.1) is 0 Å². The first kappa shape index (κ1) is 17.2. The largest absolute Gasteiger partial charge is 0.490 e. The van der Waals surface area contributed by atoms with E-state index in [1.807, 2.05) is 60.5 Å². The number of halogens is 1. The van der Waals surface area contributed by atoms with Gasteiger partial charge in [-0.2, -0.15) is 5.10 Å². The molecule has 0 radical (unpaired) electrons. The molecule has 2 aromatic carbocycles. The van der Waals surface area contributed by atoms with E-state index >= 15 is 0 Å². The lowest BCUT2D eigenvalue weighted by Gasteiger charge is -2.39. The Morgan fingerprint density at radius 1 is 1.11 bits per heavy atom. The maximum atomic E-state index is 6.51. The van der Waals surface area contributed by atoms with Crippen molar-refractivity contribution in [2.45, 2.75) is 25.6 Å². The maximum absolute atomic E-state index is 6.51. The van der Waals surface area contributed by atoms with Crippen molar-refractivity contribution in [3.63, 3.8) is 0 Å². The molecule has 2 aliphatic heterocycles. The van der Waals surface area contributed by atoms with E-state index in [0.29, 0.717) is 11.6 Å². The average Bonchev–Trinajstić information content (AvgIpc) is 3.38. The number of nitrogens with zero attached hydrogens (tertiary/aromatic N) is 2. The van der Waals surface area contributed by atoms with Crippen LogP contribution in [0.2, 0.25) is 5.02 Å². The van der Waals surface area contributed by atoms with E-state index in [9.17, 15) is 0 Å². The van der Waals surface area contributed by atoms with Gasteiger partial charge in [0.15, 0.2) is 11.5 Å². The molecule has 142 valence electrons. The van der Waals surface area contributed by atoms with Gasteiger partial charge in [-0.25, -0.2) is 5.01 Å². The third-order valence-corrected chi connectivity index (χ3v) is 5.40. The van der Waals surface area contributed by atoms with Crippen LogP contribution in [0.4, 0.5) is 0 Å². The molecule has 0 saturated carbocycles. The Balaban J connectivity index is 1.64. The zero-order valence-electron chi connectivity index (χ0n) is 15.3. The van der Waals surface area contributed by atoms with Gasteiger partial charge in [-0.15, -0.1) is 0 Å². The van der Waals surface area contributed by atoms with Crippen LogP contribution in [0.15, 0.2) is 70.4 Å². The Kier molecular flexibility index (Phi) is 4.24. The second-order valence-electron chi connectivity index (χ2n) is 6.72. The number of hydrogen-bond donors (Lipinski definition) is 0. The van der Waals surface area contributed by atoms with Crippen LogP contribution >= 0.6 is 11.6 Å². The van der Waals surface area contributed by atoms with Crippen LogP contribution in [0.3, 0.4) is 0 Å². The second-order valence-corrected chi connectivity index (χ2v) is 7.13. The normalized spacial score (nSPS) is 20.2. The van der Waals surface area contributed by atoms with Crippen molar-refractivity contribution in [3.05, 3.63) is 82.8 Å². The van der Waals surface area contributed by atoms with Gasteiger partial charge in [0, 0.05) is 22.6 Å². The highest BCUT2D eigenvalue weighted by molar-refractivity contribution is 6.31. The van der Waals surface area contributed by atoms with Gasteiger partial charge in [0.1, 0.15) is 11.5 Å². The molecule has 5 rings (SSSR count). The SMILES string of the molecule is CCOc1cccc2c1O[C@H](c1ccccc1Cl)N1N=C(c3ccco3)C[C@H]21. The van der Waals surface area contributed by atoms with Gasteiger partial charge in [-0.05, 0) is 31.2 Å². The molecule has 2 aliphatic rings. The molecule has 3 heterocycles. The molecule has 0 fully saturated rings. The van der Waals surface area contributed by atoms with Gasteiger partial charge < -0.3 is 13.9 Å². The summed E-state index contributed by atoms with van der Waals surface area (Å²) in [4.78, 5) is 0. The number of para-hydroxylation sites is 1. The van der Waals surface area contributed by atoms with E-state index in [2.05, 4.69) is 6.07 Å². The summed E-state index contributed by atoms with van der Waals surface area (Å²) < 4.78 is 17.9. The van der Waals surface area contributed by atoms with E-state index < -0.39 is 6.23 Å². The first-order valence-corrected chi connectivity index (χ1v) is 9.70. The minimum atomic E-state index is -0.444. The molecule has 1 aromatic heterocycles. The zero-order chi connectivity index (χ0) is 19.1. The van der Waals surface area contributed by atoms with Crippen molar-refractivity contribution in [1.29, 1.82) is 0 Å². The number of furan rings is 1. The first-order chi connectivity index (χ1) is 13.8. The van der Waals surface area contributed by atoms with Crippen molar-refractivity contribution in [3.8, 4) is 11.5 Å². The minimum absolute atomic E-state index is 0.0190. The Hall–Kier alpha value is -2.92. The summed E-state index contributed by atoms with van der Waals surface area (Å²) in [6.45, 7) is 2.53. The molecule has 0 aliphatic carbocycles. The molecular weight excluding hydrogens is 376 g/mol. The number of hydrogen-bond acceptors (Lipinski definition) is 5. The molecule has 28 heavy (non-hydrogen) atoms. The fourth-order valence-electron chi connectivity index (χ4n) is 3.83. The molecule has 0 spiro atoms. The quantitative estimate of drug-likeness (QED) is 0.580. The van der Waals surface area contributed by atoms with Gasteiger partial charge in [-0.1, -0.05) is 41.9 Å². The van der Waals surface area contributed by atoms with E-state index in [1.165, 1.54) is 0 Å². The second kappa shape index (κ2) is 6.91. The van der Waals surface area contributed by atoms with Crippen LogP contribution in [0.1, 0.15) is 42.5 Å². The Bertz CT molecular complexity index is 1030. The summed E-state index contributed by atoms with van der Waals surface area (Å²) in [6.07, 6.45) is 1.94.